The summed E-state index contributed by atoms with van der Waals surface area (Å²) in [5, 5.41) is 9.49. The minimum Gasteiger partial charge on any atom is -0.465 e. The third-order valence-corrected chi connectivity index (χ3v) is 4.02. The van der Waals surface area contributed by atoms with E-state index in [2.05, 4.69) is 9.72 Å². The first-order valence-corrected chi connectivity index (χ1v) is 7.46. The minimum absolute atomic E-state index is 0.0398. The third kappa shape index (κ3) is 2.74. The summed E-state index contributed by atoms with van der Waals surface area (Å²) in [6, 6.07) is 10.2. The molecule has 3 N–H and O–H groups in total. The Bertz CT molecular complexity index is 981. The number of nitrogens with two attached hydrogens (primary N) is 1. The molecule has 25 heavy (non-hydrogen) atoms. The van der Waals surface area contributed by atoms with Gasteiger partial charge in [-0.3, -0.25) is 4.79 Å². The molecule has 7 heteroatoms. The summed E-state index contributed by atoms with van der Waals surface area (Å²) in [7, 11) is 1.30. The van der Waals surface area contributed by atoms with Gasteiger partial charge in [-0.05, 0) is 24.6 Å². The largest absolute Gasteiger partial charge is 0.465 e. The van der Waals surface area contributed by atoms with E-state index in [1.54, 1.807) is 37.3 Å². The lowest BCUT2D eigenvalue weighted by atomic mass is 9.84. The number of nitriles is 1. The number of aromatic amines is 1. The molecule has 0 bridgehead atoms. The van der Waals surface area contributed by atoms with Gasteiger partial charge in [0, 0.05) is 11.8 Å². The van der Waals surface area contributed by atoms with E-state index in [1.807, 2.05) is 6.07 Å². The molecule has 0 spiro atoms. The summed E-state index contributed by atoms with van der Waals surface area (Å²) in [5.74, 6) is -0.866. The van der Waals surface area contributed by atoms with E-state index in [-0.39, 0.29) is 17.0 Å². The molecular formula is C18H15N3O4. The van der Waals surface area contributed by atoms with E-state index < -0.39 is 11.9 Å². The Kier molecular flexibility index (Phi) is 4.03. The first kappa shape index (κ1) is 16.3. The summed E-state index contributed by atoms with van der Waals surface area (Å²) in [6.45, 7) is 1.73. The summed E-state index contributed by atoms with van der Waals surface area (Å²) < 4.78 is 10.1. The van der Waals surface area contributed by atoms with Gasteiger partial charge in [0.1, 0.15) is 17.4 Å². The van der Waals surface area contributed by atoms with E-state index in [0.717, 1.165) is 0 Å². The maximum atomic E-state index is 12.5. The standard InChI is InChI=1S/C18H15N3O4/c1-9-7-13-15(17(22)21-9)14(12(8-19)16(20)25-13)10-3-5-11(6-4-10)18(23)24-2/h3-7,14H,20H2,1-2H3,(H,21,22). The van der Waals surface area contributed by atoms with E-state index >= 15 is 0 Å². The monoisotopic (exact) mass is 337 g/mol. The van der Waals surface area contributed by atoms with Gasteiger partial charge in [0.05, 0.1) is 24.2 Å². The molecule has 3 rings (SSSR count). The predicted molar refractivity (Wildman–Crippen MR) is 88.9 cm³/mol. The molecule has 0 aliphatic carbocycles. The molecule has 1 aromatic heterocycles. The topological polar surface area (TPSA) is 118 Å². The number of rotatable bonds is 2. The molecule has 1 atom stereocenters. The number of hydrogen-bond donors (Lipinski definition) is 2. The van der Waals surface area contributed by atoms with Gasteiger partial charge >= 0.3 is 5.97 Å². The number of nitrogens with zero attached hydrogens (tertiary/aromatic N) is 1. The van der Waals surface area contributed by atoms with Gasteiger partial charge in [-0.2, -0.15) is 5.26 Å². The van der Waals surface area contributed by atoms with Gasteiger partial charge in [0.2, 0.25) is 5.88 Å². The second-order valence-corrected chi connectivity index (χ2v) is 5.60. The number of carbonyl (C=O) groups is 1. The molecule has 1 aromatic carbocycles. The average Bonchev–Trinajstić information content (AvgIpc) is 2.59. The molecule has 1 unspecified atom stereocenters. The number of esters is 1. The zero-order valence-electron chi connectivity index (χ0n) is 13.6. The van der Waals surface area contributed by atoms with Gasteiger partial charge in [-0.15, -0.1) is 0 Å². The number of methoxy groups -OCH3 is 1. The number of H-pyrrole nitrogens is 1. The quantitative estimate of drug-likeness (QED) is 0.805. The number of pyridine rings is 1. The normalized spacial score (nSPS) is 15.8. The SMILES string of the molecule is COC(=O)c1ccc(C2C(C#N)=C(N)Oc3cc(C)[nH]c(=O)c32)cc1. The first-order chi connectivity index (χ1) is 12.0. The molecule has 0 saturated heterocycles. The van der Waals surface area contributed by atoms with Crippen molar-refractivity contribution in [3.05, 3.63) is 74.5 Å². The number of fused-ring (bicyclic) bond motifs is 1. The van der Waals surface area contributed by atoms with Crippen molar-refractivity contribution in [3.8, 4) is 11.8 Å². The Morgan fingerprint density at radius 3 is 2.64 bits per heavy atom. The van der Waals surface area contributed by atoms with Crippen LogP contribution in [0, 0.1) is 18.3 Å². The van der Waals surface area contributed by atoms with Crippen LogP contribution >= 0.6 is 0 Å². The number of benzene rings is 1. The lowest BCUT2D eigenvalue weighted by Crippen LogP contribution is -2.28. The zero-order valence-corrected chi connectivity index (χ0v) is 13.6. The number of ether oxygens (including phenoxy) is 2. The minimum atomic E-state index is -0.676. The van der Waals surface area contributed by atoms with Crippen LogP contribution in [0.15, 0.2) is 46.6 Å². The summed E-state index contributed by atoms with van der Waals surface area (Å²) in [4.78, 5) is 26.8. The van der Waals surface area contributed by atoms with E-state index in [9.17, 15) is 14.9 Å². The van der Waals surface area contributed by atoms with Crippen LogP contribution in [-0.2, 0) is 4.74 Å². The van der Waals surface area contributed by atoms with Crippen molar-refractivity contribution in [3.63, 3.8) is 0 Å². The lowest BCUT2D eigenvalue weighted by molar-refractivity contribution is 0.0600. The van der Waals surface area contributed by atoms with Crippen molar-refractivity contribution in [2.45, 2.75) is 12.8 Å². The second kappa shape index (κ2) is 6.17. The molecule has 126 valence electrons. The van der Waals surface area contributed by atoms with Crippen molar-refractivity contribution in [1.82, 2.24) is 4.98 Å². The maximum Gasteiger partial charge on any atom is 0.337 e. The molecule has 1 aliphatic rings. The fraction of sp³-hybridized carbons (Fsp3) is 0.167. The van der Waals surface area contributed by atoms with Crippen molar-refractivity contribution in [1.29, 1.82) is 5.26 Å². The lowest BCUT2D eigenvalue weighted by Gasteiger charge is -2.25. The van der Waals surface area contributed by atoms with Crippen LogP contribution in [0.1, 0.15) is 33.1 Å². The van der Waals surface area contributed by atoms with E-state index in [0.29, 0.717) is 28.1 Å². The summed E-state index contributed by atoms with van der Waals surface area (Å²) in [5.41, 5.74) is 7.62. The molecule has 0 fully saturated rings. The molecule has 0 radical (unpaired) electrons. The van der Waals surface area contributed by atoms with Crippen LogP contribution in [0.25, 0.3) is 0 Å². The number of aryl methyl sites for hydroxylation is 1. The van der Waals surface area contributed by atoms with Crippen molar-refractivity contribution in [2.75, 3.05) is 7.11 Å². The molecule has 2 heterocycles. The highest BCUT2D eigenvalue weighted by Crippen LogP contribution is 2.40. The molecule has 0 saturated carbocycles. The van der Waals surface area contributed by atoms with Gasteiger partial charge in [-0.25, -0.2) is 4.79 Å². The fourth-order valence-corrected chi connectivity index (χ4v) is 2.87. The van der Waals surface area contributed by atoms with Crippen molar-refractivity contribution in [2.24, 2.45) is 5.73 Å². The Labute approximate surface area is 143 Å². The highest BCUT2D eigenvalue weighted by molar-refractivity contribution is 5.89. The van der Waals surface area contributed by atoms with Crippen LogP contribution < -0.4 is 16.0 Å². The second-order valence-electron chi connectivity index (χ2n) is 5.60. The van der Waals surface area contributed by atoms with Crippen LogP contribution in [0.5, 0.6) is 5.75 Å². The maximum absolute atomic E-state index is 12.5. The number of allylic oxidation sites excluding steroid dienone is 1. The zero-order chi connectivity index (χ0) is 18.1. The third-order valence-electron chi connectivity index (χ3n) is 4.02. The molecule has 7 nitrogen and oxygen atoms in total. The number of nitrogens with one attached hydrogen (secondary N) is 1. The van der Waals surface area contributed by atoms with E-state index in [1.165, 1.54) is 7.11 Å². The van der Waals surface area contributed by atoms with Gasteiger partial charge < -0.3 is 20.2 Å². The first-order valence-electron chi connectivity index (χ1n) is 7.46. The Morgan fingerprint density at radius 1 is 1.36 bits per heavy atom. The highest BCUT2D eigenvalue weighted by Gasteiger charge is 2.33. The summed E-state index contributed by atoms with van der Waals surface area (Å²) >= 11 is 0. The number of hydrogen-bond acceptors (Lipinski definition) is 6. The average molecular weight is 337 g/mol. The highest BCUT2D eigenvalue weighted by atomic mass is 16.5. The van der Waals surface area contributed by atoms with Crippen molar-refractivity contribution >= 4 is 5.97 Å². The van der Waals surface area contributed by atoms with Crippen LogP contribution in [0.2, 0.25) is 0 Å². The smallest absolute Gasteiger partial charge is 0.337 e. The van der Waals surface area contributed by atoms with Gasteiger partial charge in [-0.1, -0.05) is 12.1 Å². The Morgan fingerprint density at radius 2 is 2.04 bits per heavy atom. The number of aromatic nitrogens is 1. The fourth-order valence-electron chi connectivity index (χ4n) is 2.87. The van der Waals surface area contributed by atoms with Crippen LogP contribution in [-0.4, -0.2) is 18.1 Å². The van der Waals surface area contributed by atoms with Crippen molar-refractivity contribution < 1.29 is 14.3 Å². The molecule has 0 amide bonds. The molecule has 2 aromatic rings. The Hall–Kier alpha value is -3.53. The summed E-state index contributed by atoms with van der Waals surface area (Å²) in [6.07, 6.45) is 0. The number of carbonyl (C=O) groups excluding carboxylic acids is 1. The Balaban J connectivity index is 2.19. The van der Waals surface area contributed by atoms with Crippen LogP contribution in [0.3, 0.4) is 0 Å². The molecule has 1 aliphatic heterocycles. The molecular weight excluding hydrogens is 322 g/mol. The van der Waals surface area contributed by atoms with E-state index in [4.69, 9.17) is 10.5 Å². The van der Waals surface area contributed by atoms with Gasteiger partial charge in [0.25, 0.3) is 5.56 Å². The van der Waals surface area contributed by atoms with Gasteiger partial charge in [0.15, 0.2) is 0 Å². The van der Waals surface area contributed by atoms with Crippen LogP contribution in [0.4, 0.5) is 0 Å². The predicted octanol–water partition coefficient (Wildman–Crippen LogP) is 1.69.